The molecule has 1 aromatic heterocycles. The first-order valence-electron chi connectivity index (χ1n) is 3.83. The Hall–Kier alpha value is -0.980. The SMILES string of the molecule is CC/C(C#N)=C(/N)c1ccc(Cl)s1. The Balaban J connectivity index is 3.09. The van der Waals surface area contributed by atoms with E-state index in [0.717, 1.165) is 4.88 Å². The first-order valence-corrected chi connectivity index (χ1v) is 5.03. The number of rotatable bonds is 2. The average Bonchev–Trinajstić information content (AvgIpc) is 2.54. The Labute approximate surface area is 86.2 Å². The van der Waals surface area contributed by atoms with E-state index < -0.39 is 0 Å². The van der Waals surface area contributed by atoms with Crippen LogP contribution in [0.2, 0.25) is 4.34 Å². The second-order valence-electron chi connectivity index (χ2n) is 2.46. The Morgan fingerprint density at radius 1 is 1.69 bits per heavy atom. The molecule has 0 unspecified atom stereocenters. The number of nitriles is 1. The van der Waals surface area contributed by atoms with Crippen LogP contribution in [-0.4, -0.2) is 0 Å². The molecule has 0 aliphatic heterocycles. The summed E-state index contributed by atoms with van der Waals surface area (Å²) in [6, 6.07) is 5.68. The molecule has 1 rings (SSSR count). The minimum atomic E-state index is 0.543. The zero-order valence-corrected chi connectivity index (χ0v) is 8.75. The van der Waals surface area contributed by atoms with Crippen molar-refractivity contribution in [2.24, 2.45) is 5.73 Å². The van der Waals surface area contributed by atoms with Gasteiger partial charge in [0.05, 0.1) is 26.6 Å². The summed E-state index contributed by atoms with van der Waals surface area (Å²) in [5.74, 6) is 0. The number of hydrogen-bond acceptors (Lipinski definition) is 3. The van der Waals surface area contributed by atoms with Gasteiger partial charge in [0.1, 0.15) is 0 Å². The van der Waals surface area contributed by atoms with E-state index in [2.05, 4.69) is 6.07 Å². The Morgan fingerprint density at radius 2 is 2.38 bits per heavy atom. The van der Waals surface area contributed by atoms with Crippen molar-refractivity contribution in [3.8, 4) is 6.07 Å². The van der Waals surface area contributed by atoms with Crippen LogP contribution in [0.25, 0.3) is 5.70 Å². The third-order valence-electron chi connectivity index (χ3n) is 1.65. The molecule has 0 amide bonds. The van der Waals surface area contributed by atoms with Gasteiger partial charge in [-0.15, -0.1) is 11.3 Å². The molecule has 2 nitrogen and oxygen atoms in total. The monoisotopic (exact) mass is 212 g/mol. The molecule has 0 fully saturated rings. The number of allylic oxidation sites excluding steroid dienone is 1. The lowest BCUT2D eigenvalue weighted by atomic mass is 10.1. The molecule has 0 aliphatic rings. The topological polar surface area (TPSA) is 49.8 Å². The van der Waals surface area contributed by atoms with Crippen molar-refractivity contribution in [1.82, 2.24) is 0 Å². The highest BCUT2D eigenvalue weighted by molar-refractivity contribution is 7.17. The fourth-order valence-electron chi connectivity index (χ4n) is 0.937. The molecule has 0 aliphatic carbocycles. The fourth-order valence-corrected chi connectivity index (χ4v) is 1.97. The second kappa shape index (κ2) is 4.31. The van der Waals surface area contributed by atoms with Crippen LogP contribution in [0.4, 0.5) is 0 Å². The van der Waals surface area contributed by atoms with E-state index in [-0.39, 0.29) is 0 Å². The molecule has 0 aromatic carbocycles. The van der Waals surface area contributed by atoms with Crippen LogP contribution in [0.5, 0.6) is 0 Å². The summed E-state index contributed by atoms with van der Waals surface area (Å²) in [7, 11) is 0. The molecule has 2 N–H and O–H groups in total. The van der Waals surface area contributed by atoms with Gasteiger partial charge >= 0.3 is 0 Å². The highest BCUT2D eigenvalue weighted by Gasteiger charge is 2.05. The molecule has 1 aromatic rings. The second-order valence-corrected chi connectivity index (χ2v) is 4.18. The van der Waals surface area contributed by atoms with E-state index in [1.54, 1.807) is 6.07 Å². The lowest BCUT2D eigenvalue weighted by molar-refractivity contribution is 1.15. The summed E-state index contributed by atoms with van der Waals surface area (Å²) in [6.07, 6.45) is 0.651. The summed E-state index contributed by atoms with van der Waals surface area (Å²) in [5.41, 5.74) is 6.94. The molecule has 0 saturated heterocycles. The fraction of sp³-hybridized carbons (Fsp3) is 0.222. The van der Waals surface area contributed by atoms with Crippen LogP contribution in [-0.2, 0) is 0 Å². The van der Waals surface area contributed by atoms with Crippen molar-refractivity contribution in [1.29, 1.82) is 5.26 Å². The van der Waals surface area contributed by atoms with Crippen molar-refractivity contribution in [2.45, 2.75) is 13.3 Å². The summed E-state index contributed by atoms with van der Waals surface area (Å²) >= 11 is 7.14. The van der Waals surface area contributed by atoms with Gasteiger partial charge in [-0.3, -0.25) is 0 Å². The third-order valence-corrected chi connectivity index (χ3v) is 2.92. The molecule has 0 bridgehead atoms. The van der Waals surface area contributed by atoms with Gasteiger partial charge in [-0.05, 0) is 18.6 Å². The largest absolute Gasteiger partial charge is 0.397 e. The lowest BCUT2D eigenvalue weighted by Crippen LogP contribution is -1.97. The molecule has 4 heteroatoms. The summed E-state index contributed by atoms with van der Waals surface area (Å²) in [4.78, 5) is 0.864. The van der Waals surface area contributed by atoms with Gasteiger partial charge in [-0.2, -0.15) is 5.26 Å². The number of nitrogens with zero attached hydrogens (tertiary/aromatic N) is 1. The molecular formula is C9H9ClN2S. The minimum Gasteiger partial charge on any atom is -0.397 e. The number of halogens is 1. The zero-order valence-electron chi connectivity index (χ0n) is 7.17. The quantitative estimate of drug-likeness (QED) is 0.767. The van der Waals surface area contributed by atoms with Crippen molar-refractivity contribution in [2.75, 3.05) is 0 Å². The first kappa shape index (κ1) is 10.1. The highest BCUT2D eigenvalue weighted by atomic mass is 35.5. The lowest BCUT2D eigenvalue weighted by Gasteiger charge is -1.99. The van der Waals surface area contributed by atoms with Crippen LogP contribution in [0, 0.1) is 11.3 Å². The molecule has 0 saturated carbocycles. The standard InChI is InChI=1S/C9H9ClN2S/c1-2-6(5-11)9(12)7-3-4-8(10)13-7/h3-4H,2,12H2,1H3/b9-6-. The van der Waals surface area contributed by atoms with E-state index in [9.17, 15) is 0 Å². The molecule has 13 heavy (non-hydrogen) atoms. The van der Waals surface area contributed by atoms with Gasteiger partial charge in [0.2, 0.25) is 0 Å². The molecular weight excluding hydrogens is 204 g/mol. The highest BCUT2D eigenvalue weighted by Crippen LogP contribution is 2.27. The van der Waals surface area contributed by atoms with Crippen LogP contribution in [0.15, 0.2) is 17.7 Å². The predicted molar refractivity (Wildman–Crippen MR) is 56.3 cm³/mol. The number of thiophene rings is 1. The number of nitrogens with two attached hydrogens (primary N) is 1. The maximum Gasteiger partial charge on any atom is 0.0969 e. The smallest absolute Gasteiger partial charge is 0.0969 e. The van der Waals surface area contributed by atoms with Crippen LogP contribution >= 0.6 is 22.9 Å². The molecule has 0 radical (unpaired) electrons. The van der Waals surface area contributed by atoms with Crippen molar-refractivity contribution < 1.29 is 0 Å². The van der Waals surface area contributed by atoms with Crippen molar-refractivity contribution in [3.63, 3.8) is 0 Å². The third kappa shape index (κ3) is 2.24. The van der Waals surface area contributed by atoms with Gasteiger partial charge < -0.3 is 5.73 Å². The summed E-state index contributed by atoms with van der Waals surface area (Å²) < 4.78 is 0.686. The van der Waals surface area contributed by atoms with Crippen molar-refractivity contribution in [3.05, 3.63) is 26.9 Å². The number of hydrogen-bond donors (Lipinski definition) is 1. The molecule has 1 heterocycles. The van der Waals surface area contributed by atoms with E-state index in [0.29, 0.717) is 22.0 Å². The Bertz CT molecular complexity index is 373. The van der Waals surface area contributed by atoms with E-state index >= 15 is 0 Å². The predicted octanol–water partition coefficient (Wildman–Crippen LogP) is 3.00. The molecule has 0 atom stereocenters. The van der Waals surface area contributed by atoms with Gasteiger partial charge in [0.25, 0.3) is 0 Å². The summed E-state index contributed by atoms with van der Waals surface area (Å²) in [5, 5.41) is 8.75. The van der Waals surface area contributed by atoms with Gasteiger partial charge in [0, 0.05) is 0 Å². The average molecular weight is 213 g/mol. The van der Waals surface area contributed by atoms with Gasteiger partial charge in [-0.25, -0.2) is 0 Å². The van der Waals surface area contributed by atoms with E-state index in [4.69, 9.17) is 22.6 Å². The van der Waals surface area contributed by atoms with E-state index in [1.165, 1.54) is 11.3 Å². The van der Waals surface area contributed by atoms with Gasteiger partial charge in [-0.1, -0.05) is 18.5 Å². The normalized spacial score (nSPS) is 12.1. The maximum absolute atomic E-state index is 8.75. The Morgan fingerprint density at radius 3 is 2.77 bits per heavy atom. The maximum atomic E-state index is 8.75. The van der Waals surface area contributed by atoms with Gasteiger partial charge in [0.15, 0.2) is 0 Å². The first-order chi connectivity index (χ1) is 6.19. The Kier molecular flexibility index (Phi) is 3.35. The molecule has 68 valence electrons. The summed E-state index contributed by atoms with van der Waals surface area (Å²) in [6.45, 7) is 1.90. The van der Waals surface area contributed by atoms with Crippen LogP contribution in [0.3, 0.4) is 0 Å². The molecule has 0 spiro atoms. The van der Waals surface area contributed by atoms with Crippen LogP contribution < -0.4 is 5.73 Å². The van der Waals surface area contributed by atoms with Crippen molar-refractivity contribution >= 4 is 28.6 Å². The zero-order chi connectivity index (χ0) is 9.84. The van der Waals surface area contributed by atoms with Crippen LogP contribution in [0.1, 0.15) is 18.2 Å². The minimum absolute atomic E-state index is 0.543. The van der Waals surface area contributed by atoms with E-state index in [1.807, 2.05) is 13.0 Å².